The van der Waals surface area contributed by atoms with E-state index >= 15 is 0 Å². The van der Waals surface area contributed by atoms with Crippen molar-refractivity contribution in [3.8, 4) is 17.2 Å². The lowest BCUT2D eigenvalue weighted by Crippen LogP contribution is -2.16. The van der Waals surface area contributed by atoms with Crippen LogP contribution in [0.4, 0.5) is 5.69 Å². The zero-order chi connectivity index (χ0) is 24.3. The van der Waals surface area contributed by atoms with Gasteiger partial charge < -0.3 is 15.0 Å². The number of hydrogen-bond acceptors (Lipinski definition) is 10. The Balaban J connectivity index is 1.33. The molecule has 0 aliphatic rings. The fraction of sp³-hybridized carbons (Fsp3) is 0.273. The van der Waals surface area contributed by atoms with Gasteiger partial charge in [-0.25, -0.2) is 4.68 Å². The van der Waals surface area contributed by atoms with Crippen molar-refractivity contribution in [2.24, 2.45) is 0 Å². The second-order valence-electron chi connectivity index (χ2n) is 8.43. The van der Waals surface area contributed by atoms with Crippen LogP contribution >= 0.6 is 11.8 Å². The monoisotopic (exact) mass is 481 g/mol. The minimum absolute atomic E-state index is 0.0111. The Morgan fingerprint density at radius 1 is 1.06 bits per heavy atom. The Bertz CT molecular complexity index is 1280. The number of benzene rings is 2. The van der Waals surface area contributed by atoms with Gasteiger partial charge in [0.15, 0.2) is 5.82 Å². The van der Waals surface area contributed by atoms with Crippen molar-refractivity contribution in [2.75, 3.05) is 5.84 Å². The van der Waals surface area contributed by atoms with E-state index in [0.29, 0.717) is 28.2 Å². The Morgan fingerprint density at radius 3 is 2.41 bits per heavy atom. The molecule has 12 heteroatoms. The molecule has 34 heavy (non-hydrogen) atoms. The first-order chi connectivity index (χ1) is 16.2. The van der Waals surface area contributed by atoms with Crippen LogP contribution in [0.25, 0.3) is 11.5 Å². The minimum Gasteiger partial charge on any atom is -0.486 e. The molecule has 0 aliphatic heterocycles. The van der Waals surface area contributed by atoms with Gasteiger partial charge in [-0.15, -0.1) is 20.4 Å². The quantitative estimate of drug-likeness (QED) is 0.169. The number of aromatic nitrogens is 5. The highest BCUT2D eigenvalue weighted by atomic mass is 32.2. The van der Waals surface area contributed by atoms with E-state index < -0.39 is 4.92 Å². The van der Waals surface area contributed by atoms with E-state index in [1.54, 1.807) is 12.1 Å². The van der Waals surface area contributed by atoms with E-state index in [4.69, 9.17) is 15.0 Å². The molecule has 0 unspecified atom stereocenters. The number of thioether (sulfide) groups is 1. The molecule has 0 atom stereocenters. The summed E-state index contributed by atoms with van der Waals surface area (Å²) in [6.45, 7) is 6.64. The Morgan fingerprint density at radius 2 is 1.76 bits per heavy atom. The summed E-state index contributed by atoms with van der Waals surface area (Å²) in [7, 11) is 0. The average molecular weight is 482 g/mol. The van der Waals surface area contributed by atoms with Crippen LogP contribution < -0.4 is 10.6 Å². The molecule has 2 heterocycles. The first-order valence-corrected chi connectivity index (χ1v) is 11.3. The maximum Gasteiger partial charge on any atom is 0.269 e. The van der Waals surface area contributed by atoms with Crippen molar-refractivity contribution in [1.29, 1.82) is 0 Å². The fourth-order valence-electron chi connectivity index (χ4n) is 2.98. The summed E-state index contributed by atoms with van der Waals surface area (Å²) in [5.41, 5.74) is 1.87. The van der Waals surface area contributed by atoms with E-state index in [9.17, 15) is 10.1 Å². The largest absolute Gasteiger partial charge is 0.486 e. The second kappa shape index (κ2) is 9.51. The number of ether oxygens (including phenoxy) is 1. The summed E-state index contributed by atoms with van der Waals surface area (Å²) in [5, 5.41) is 27.4. The van der Waals surface area contributed by atoms with Gasteiger partial charge in [-0.2, -0.15) is 0 Å². The van der Waals surface area contributed by atoms with Gasteiger partial charge in [0.25, 0.3) is 5.69 Å². The van der Waals surface area contributed by atoms with Crippen LogP contribution in [0.3, 0.4) is 0 Å². The van der Waals surface area contributed by atoms with Gasteiger partial charge in [-0.3, -0.25) is 10.1 Å². The molecule has 176 valence electrons. The first kappa shape index (κ1) is 23.2. The maximum absolute atomic E-state index is 10.8. The van der Waals surface area contributed by atoms with Gasteiger partial charge in [-0.1, -0.05) is 44.7 Å². The lowest BCUT2D eigenvalue weighted by atomic mass is 9.87. The normalized spacial score (nSPS) is 11.5. The molecule has 0 amide bonds. The fourth-order valence-corrected chi connectivity index (χ4v) is 3.70. The van der Waals surface area contributed by atoms with Gasteiger partial charge in [-0.05, 0) is 35.2 Å². The highest BCUT2D eigenvalue weighted by molar-refractivity contribution is 7.98. The van der Waals surface area contributed by atoms with Crippen molar-refractivity contribution >= 4 is 17.4 Å². The number of nitrogens with zero attached hydrogens (tertiary/aromatic N) is 6. The molecule has 2 N–H and O–H groups in total. The van der Waals surface area contributed by atoms with Gasteiger partial charge in [0.1, 0.15) is 12.4 Å². The number of rotatable bonds is 8. The summed E-state index contributed by atoms with van der Waals surface area (Å²) >= 11 is 1.29. The zero-order valence-electron chi connectivity index (χ0n) is 18.8. The Labute approximate surface area is 199 Å². The maximum atomic E-state index is 10.8. The number of nitro benzene ring substituents is 1. The third-order valence-corrected chi connectivity index (χ3v) is 5.87. The topological polar surface area (TPSA) is 148 Å². The number of nitrogens with two attached hydrogens (primary N) is 1. The Kier molecular flexibility index (Phi) is 6.50. The molecule has 4 aromatic rings. The predicted molar refractivity (Wildman–Crippen MR) is 126 cm³/mol. The number of non-ortho nitro benzene ring substituents is 1. The van der Waals surface area contributed by atoms with E-state index in [-0.39, 0.29) is 23.6 Å². The van der Waals surface area contributed by atoms with E-state index in [1.807, 2.05) is 24.3 Å². The molecular weight excluding hydrogens is 458 g/mol. The molecule has 2 aromatic heterocycles. The van der Waals surface area contributed by atoms with Gasteiger partial charge >= 0.3 is 0 Å². The van der Waals surface area contributed by atoms with Crippen molar-refractivity contribution in [2.45, 2.75) is 43.7 Å². The van der Waals surface area contributed by atoms with E-state index in [0.717, 1.165) is 5.75 Å². The van der Waals surface area contributed by atoms with Gasteiger partial charge in [0.2, 0.25) is 16.9 Å². The third kappa shape index (κ3) is 5.34. The van der Waals surface area contributed by atoms with Crippen LogP contribution in [0.5, 0.6) is 5.75 Å². The van der Waals surface area contributed by atoms with Crippen molar-refractivity contribution in [1.82, 2.24) is 25.1 Å². The molecule has 0 saturated heterocycles. The molecule has 11 nitrogen and oxygen atoms in total. The summed E-state index contributed by atoms with van der Waals surface area (Å²) in [6.07, 6.45) is 0. The molecule has 0 fully saturated rings. The van der Waals surface area contributed by atoms with Crippen molar-refractivity contribution in [3.05, 3.63) is 75.9 Å². The van der Waals surface area contributed by atoms with Crippen molar-refractivity contribution < 1.29 is 14.1 Å². The average Bonchev–Trinajstić information content (AvgIpc) is 3.43. The van der Waals surface area contributed by atoms with Crippen LogP contribution in [0, 0.1) is 10.1 Å². The lowest BCUT2D eigenvalue weighted by Gasteiger charge is -2.19. The molecule has 0 bridgehead atoms. The SMILES string of the molecule is CC(C)(C)c1ccc(OCc2nnc(SCc3nnc(-c4ccc([N+](=O)[O-])cc4)o3)n2N)cc1. The third-order valence-electron chi connectivity index (χ3n) is 4.94. The highest BCUT2D eigenvalue weighted by Crippen LogP contribution is 2.26. The predicted octanol–water partition coefficient (Wildman–Crippen LogP) is 4.12. The molecule has 0 radical (unpaired) electrons. The van der Waals surface area contributed by atoms with E-state index in [2.05, 4.69) is 41.2 Å². The minimum atomic E-state index is -0.468. The molecular formula is C22H23N7O4S. The summed E-state index contributed by atoms with van der Waals surface area (Å²) in [5.74, 6) is 8.26. The summed E-state index contributed by atoms with van der Waals surface area (Å²) in [4.78, 5) is 10.3. The summed E-state index contributed by atoms with van der Waals surface area (Å²) in [6, 6.07) is 13.8. The van der Waals surface area contributed by atoms with Gasteiger partial charge in [0, 0.05) is 17.7 Å². The van der Waals surface area contributed by atoms with Crippen LogP contribution in [-0.2, 0) is 17.8 Å². The number of nitro groups is 1. The van der Waals surface area contributed by atoms with Crippen LogP contribution in [0.1, 0.15) is 38.0 Å². The molecule has 4 rings (SSSR count). The standard InChI is InChI=1S/C22H23N7O4S/c1-22(2,3)15-6-10-17(11-7-15)32-12-18-24-27-21(28(18)23)34-13-19-25-26-20(33-19)14-4-8-16(9-5-14)29(30)31/h4-11H,12-13,23H2,1-3H3. The lowest BCUT2D eigenvalue weighted by molar-refractivity contribution is -0.384. The van der Waals surface area contributed by atoms with Gasteiger partial charge in [0.05, 0.1) is 10.7 Å². The number of hydrogen-bond donors (Lipinski definition) is 1. The van der Waals surface area contributed by atoms with E-state index in [1.165, 1.54) is 34.1 Å². The smallest absolute Gasteiger partial charge is 0.269 e. The second-order valence-corrected chi connectivity index (χ2v) is 9.37. The van der Waals surface area contributed by atoms with Crippen LogP contribution in [0.2, 0.25) is 0 Å². The van der Waals surface area contributed by atoms with Crippen molar-refractivity contribution in [3.63, 3.8) is 0 Å². The molecule has 0 spiro atoms. The highest BCUT2D eigenvalue weighted by Gasteiger charge is 2.16. The summed E-state index contributed by atoms with van der Waals surface area (Å²) < 4.78 is 12.8. The molecule has 2 aromatic carbocycles. The Hall–Kier alpha value is -3.93. The number of nitrogen functional groups attached to an aromatic ring is 1. The molecule has 0 saturated carbocycles. The first-order valence-electron chi connectivity index (χ1n) is 10.3. The van der Waals surface area contributed by atoms with Crippen LogP contribution in [-0.4, -0.2) is 30.0 Å². The zero-order valence-corrected chi connectivity index (χ0v) is 19.7. The van der Waals surface area contributed by atoms with Crippen LogP contribution in [0.15, 0.2) is 58.1 Å². The molecule has 0 aliphatic carbocycles.